The fourth-order valence-electron chi connectivity index (χ4n) is 1.27. The molecule has 3 heteroatoms. The van der Waals surface area contributed by atoms with Gasteiger partial charge in [0, 0.05) is 5.56 Å². The van der Waals surface area contributed by atoms with E-state index in [1.165, 1.54) is 0 Å². The molecular weight excluding hydrogens is 212 g/mol. The number of halogens is 1. The summed E-state index contributed by atoms with van der Waals surface area (Å²) in [6.07, 6.45) is 0.974. The largest absolute Gasteiger partial charge is 0.493 e. The Balaban J connectivity index is 2.83. The minimum absolute atomic E-state index is 0.0224. The second-order valence-electron chi connectivity index (χ2n) is 3.39. The van der Waals surface area contributed by atoms with Gasteiger partial charge in [0.05, 0.1) is 12.5 Å². The third kappa shape index (κ3) is 3.24. The molecule has 1 aromatic rings. The Kier molecular flexibility index (Phi) is 4.63. The van der Waals surface area contributed by atoms with E-state index in [1.54, 1.807) is 6.07 Å². The smallest absolute Gasteiger partial charge is 0.177 e. The Labute approximate surface area is 95.2 Å². The number of carbonyl (C=O) groups excluding carboxylic acids is 1. The molecule has 0 bridgehead atoms. The standard InChI is InChI=1S/C12H15ClO2/c1-3-6-15-12-5-4-10(7-9(12)2)11(14)8-13/h4-5,7H,3,6,8H2,1-2H3. The fraction of sp³-hybridized carbons (Fsp3) is 0.417. The van der Waals surface area contributed by atoms with Crippen molar-refractivity contribution in [1.82, 2.24) is 0 Å². The number of ketones is 1. The van der Waals surface area contributed by atoms with Crippen molar-refractivity contribution in [2.75, 3.05) is 12.5 Å². The molecule has 0 saturated carbocycles. The third-order valence-corrected chi connectivity index (χ3v) is 2.32. The summed E-state index contributed by atoms with van der Waals surface area (Å²) < 4.78 is 5.51. The zero-order valence-corrected chi connectivity index (χ0v) is 9.80. The minimum atomic E-state index is -0.0539. The van der Waals surface area contributed by atoms with Crippen molar-refractivity contribution >= 4 is 17.4 Å². The number of rotatable bonds is 5. The molecule has 15 heavy (non-hydrogen) atoms. The van der Waals surface area contributed by atoms with Crippen LogP contribution >= 0.6 is 11.6 Å². The first kappa shape index (κ1) is 12.1. The molecule has 0 atom stereocenters. The van der Waals surface area contributed by atoms with E-state index in [1.807, 2.05) is 19.1 Å². The van der Waals surface area contributed by atoms with E-state index >= 15 is 0 Å². The van der Waals surface area contributed by atoms with Gasteiger partial charge in [-0.05, 0) is 37.1 Å². The van der Waals surface area contributed by atoms with Crippen LogP contribution < -0.4 is 4.74 Å². The van der Waals surface area contributed by atoms with E-state index in [2.05, 4.69) is 6.92 Å². The molecule has 0 radical (unpaired) electrons. The average molecular weight is 227 g/mol. The quantitative estimate of drug-likeness (QED) is 0.569. The maximum absolute atomic E-state index is 11.3. The van der Waals surface area contributed by atoms with Crippen LogP contribution in [-0.2, 0) is 0 Å². The van der Waals surface area contributed by atoms with Crippen molar-refractivity contribution in [3.8, 4) is 5.75 Å². The molecule has 0 unspecified atom stereocenters. The molecule has 1 rings (SSSR count). The maximum atomic E-state index is 11.3. The lowest BCUT2D eigenvalue weighted by molar-refractivity contribution is 0.102. The van der Waals surface area contributed by atoms with Gasteiger partial charge >= 0.3 is 0 Å². The van der Waals surface area contributed by atoms with E-state index < -0.39 is 0 Å². The van der Waals surface area contributed by atoms with Gasteiger partial charge in [0.1, 0.15) is 5.75 Å². The SMILES string of the molecule is CCCOc1ccc(C(=O)CCl)cc1C. The first-order valence-electron chi connectivity index (χ1n) is 5.01. The van der Waals surface area contributed by atoms with Crippen LogP contribution in [0.25, 0.3) is 0 Å². The highest BCUT2D eigenvalue weighted by molar-refractivity contribution is 6.30. The van der Waals surface area contributed by atoms with Gasteiger partial charge < -0.3 is 4.74 Å². The van der Waals surface area contributed by atoms with Crippen molar-refractivity contribution in [2.24, 2.45) is 0 Å². The van der Waals surface area contributed by atoms with Gasteiger partial charge in [0.2, 0.25) is 0 Å². The van der Waals surface area contributed by atoms with Crippen molar-refractivity contribution in [3.05, 3.63) is 29.3 Å². The summed E-state index contributed by atoms with van der Waals surface area (Å²) in [7, 11) is 0. The first-order chi connectivity index (χ1) is 7.19. The van der Waals surface area contributed by atoms with E-state index in [4.69, 9.17) is 16.3 Å². The Hall–Kier alpha value is -1.02. The lowest BCUT2D eigenvalue weighted by Crippen LogP contribution is -2.02. The van der Waals surface area contributed by atoms with E-state index in [0.717, 1.165) is 17.7 Å². The van der Waals surface area contributed by atoms with Gasteiger partial charge in [-0.15, -0.1) is 11.6 Å². The van der Waals surface area contributed by atoms with Crippen molar-refractivity contribution in [3.63, 3.8) is 0 Å². The molecule has 0 aliphatic heterocycles. The predicted molar refractivity (Wildman–Crippen MR) is 62.0 cm³/mol. The summed E-state index contributed by atoms with van der Waals surface area (Å²) in [6.45, 7) is 4.68. The van der Waals surface area contributed by atoms with Crippen LogP contribution in [-0.4, -0.2) is 18.3 Å². The summed E-state index contributed by atoms with van der Waals surface area (Å²) >= 11 is 5.48. The van der Waals surface area contributed by atoms with E-state index in [-0.39, 0.29) is 11.7 Å². The summed E-state index contributed by atoms with van der Waals surface area (Å²) in [5.74, 6) is 0.805. The van der Waals surface area contributed by atoms with Crippen LogP contribution in [0.5, 0.6) is 5.75 Å². The molecule has 0 heterocycles. The zero-order chi connectivity index (χ0) is 11.3. The highest BCUT2D eigenvalue weighted by Crippen LogP contribution is 2.19. The Morgan fingerprint density at radius 2 is 2.20 bits per heavy atom. The van der Waals surface area contributed by atoms with Crippen molar-refractivity contribution in [2.45, 2.75) is 20.3 Å². The Morgan fingerprint density at radius 1 is 1.47 bits per heavy atom. The lowest BCUT2D eigenvalue weighted by Gasteiger charge is -2.08. The number of aryl methyl sites for hydroxylation is 1. The molecule has 0 aliphatic carbocycles. The van der Waals surface area contributed by atoms with Crippen molar-refractivity contribution in [1.29, 1.82) is 0 Å². The van der Waals surface area contributed by atoms with Crippen LogP contribution in [0.3, 0.4) is 0 Å². The van der Waals surface area contributed by atoms with Gasteiger partial charge in [-0.1, -0.05) is 6.92 Å². The number of benzene rings is 1. The highest BCUT2D eigenvalue weighted by atomic mass is 35.5. The predicted octanol–water partition coefficient (Wildman–Crippen LogP) is 3.21. The second kappa shape index (κ2) is 5.76. The molecule has 0 amide bonds. The first-order valence-corrected chi connectivity index (χ1v) is 5.55. The van der Waals surface area contributed by atoms with Crippen LogP contribution in [0, 0.1) is 6.92 Å². The molecule has 1 aromatic carbocycles. The lowest BCUT2D eigenvalue weighted by atomic mass is 10.1. The number of ether oxygens (including phenoxy) is 1. The minimum Gasteiger partial charge on any atom is -0.493 e. The molecule has 0 spiro atoms. The van der Waals surface area contributed by atoms with Gasteiger partial charge in [0.15, 0.2) is 5.78 Å². The number of carbonyl (C=O) groups is 1. The summed E-state index contributed by atoms with van der Waals surface area (Å²) in [5, 5.41) is 0. The normalized spacial score (nSPS) is 10.1. The van der Waals surface area contributed by atoms with E-state index in [9.17, 15) is 4.79 Å². The molecule has 0 fully saturated rings. The third-order valence-electron chi connectivity index (χ3n) is 2.08. The fourth-order valence-corrected chi connectivity index (χ4v) is 1.43. The zero-order valence-electron chi connectivity index (χ0n) is 9.05. The molecular formula is C12H15ClO2. The number of hydrogen-bond donors (Lipinski definition) is 0. The maximum Gasteiger partial charge on any atom is 0.177 e. The average Bonchev–Trinajstić information content (AvgIpc) is 2.26. The summed E-state index contributed by atoms with van der Waals surface area (Å²) in [4.78, 5) is 11.3. The monoisotopic (exact) mass is 226 g/mol. The molecule has 82 valence electrons. The summed E-state index contributed by atoms with van der Waals surface area (Å²) in [5.41, 5.74) is 1.62. The topological polar surface area (TPSA) is 26.3 Å². The second-order valence-corrected chi connectivity index (χ2v) is 3.65. The molecule has 0 saturated heterocycles. The van der Waals surface area contributed by atoms with Gasteiger partial charge in [-0.2, -0.15) is 0 Å². The number of alkyl halides is 1. The molecule has 0 aliphatic rings. The number of Topliss-reactive ketones (excluding diaryl/α,β-unsaturated/α-hetero) is 1. The van der Waals surface area contributed by atoms with Crippen molar-refractivity contribution < 1.29 is 9.53 Å². The van der Waals surface area contributed by atoms with E-state index in [0.29, 0.717) is 12.2 Å². The van der Waals surface area contributed by atoms with Gasteiger partial charge in [-0.25, -0.2) is 0 Å². The van der Waals surface area contributed by atoms with Crippen LogP contribution in [0.2, 0.25) is 0 Å². The highest BCUT2D eigenvalue weighted by Gasteiger charge is 2.06. The Morgan fingerprint density at radius 3 is 2.73 bits per heavy atom. The van der Waals surface area contributed by atoms with Crippen LogP contribution in [0.4, 0.5) is 0 Å². The molecule has 2 nitrogen and oxygen atoms in total. The van der Waals surface area contributed by atoms with Crippen LogP contribution in [0.1, 0.15) is 29.3 Å². The van der Waals surface area contributed by atoms with Crippen LogP contribution in [0.15, 0.2) is 18.2 Å². The van der Waals surface area contributed by atoms with Gasteiger partial charge in [-0.3, -0.25) is 4.79 Å². The summed E-state index contributed by atoms with van der Waals surface area (Å²) in [6, 6.07) is 5.39. The van der Waals surface area contributed by atoms with Gasteiger partial charge in [0.25, 0.3) is 0 Å². The molecule has 0 aromatic heterocycles. The number of hydrogen-bond acceptors (Lipinski definition) is 2. The Bertz CT molecular complexity index is 347. The molecule has 0 N–H and O–H groups in total.